The van der Waals surface area contributed by atoms with Crippen LogP contribution in [0, 0.1) is 0 Å². The van der Waals surface area contributed by atoms with Gasteiger partial charge in [0.15, 0.2) is 0 Å². The first-order chi connectivity index (χ1) is 9.33. The van der Waals surface area contributed by atoms with Gasteiger partial charge in [-0.2, -0.15) is 0 Å². The average molecular weight is 302 g/mol. The summed E-state index contributed by atoms with van der Waals surface area (Å²) in [7, 11) is 0.118. The van der Waals surface area contributed by atoms with E-state index in [1.54, 1.807) is 0 Å². The van der Waals surface area contributed by atoms with E-state index in [-0.39, 0.29) is 10.5 Å². The van der Waals surface area contributed by atoms with Crippen molar-refractivity contribution in [3.63, 3.8) is 0 Å². The summed E-state index contributed by atoms with van der Waals surface area (Å²) in [5.41, 5.74) is 0.0576. The maximum atomic E-state index is 11.8. The minimum absolute atomic E-state index is 0.0576. The van der Waals surface area contributed by atoms with Gasteiger partial charge in [-0.1, -0.05) is 13.8 Å². The summed E-state index contributed by atoms with van der Waals surface area (Å²) >= 11 is 0. The zero-order valence-electron chi connectivity index (χ0n) is 12.3. The van der Waals surface area contributed by atoms with Crippen LogP contribution in [-0.2, 0) is 10.0 Å². The lowest BCUT2D eigenvalue weighted by molar-refractivity contribution is 0.0696. The van der Waals surface area contributed by atoms with Gasteiger partial charge in [0, 0.05) is 13.1 Å². The Morgan fingerprint density at radius 3 is 2.10 bits per heavy atom. The molecule has 0 saturated heterocycles. The predicted octanol–water partition coefficient (Wildman–Crippen LogP) is 1.25. The molecular formula is C13H22N2O4S. The van der Waals surface area contributed by atoms with Crippen LogP contribution in [0.3, 0.4) is 0 Å². The molecule has 0 heterocycles. The Balaban J connectivity index is 0.00000172. The smallest absolute Gasteiger partial charge is 0.335 e. The van der Waals surface area contributed by atoms with Crippen molar-refractivity contribution in [1.82, 2.24) is 9.62 Å². The van der Waals surface area contributed by atoms with Crippen molar-refractivity contribution in [2.24, 2.45) is 0 Å². The highest BCUT2D eigenvalue weighted by atomic mass is 32.2. The van der Waals surface area contributed by atoms with E-state index in [2.05, 4.69) is 4.72 Å². The number of hydrogen-bond acceptors (Lipinski definition) is 4. The standard InChI is InChI=1S/C11H16N2O4S.C2H6/c1-13(2)8-7-12-18(16,17)10-5-3-9(4-6-10)11(14)15;1-2/h3-6,12H,7-8H2,1-2H3,(H,14,15);1-2H3. The summed E-state index contributed by atoms with van der Waals surface area (Å²) in [5, 5.41) is 8.71. The lowest BCUT2D eigenvalue weighted by atomic mass is 10.2. The van der Waals surface area contributed by atoms with Gasteiger partial charge in [-0.05, 0) is 38.4 Å². The molecule has 0 aliphatic carbocycles. The highest BCUT2D eigenvalue weighted by Crippen LogP contribution is 2.10. The minimum atomic E-state index is -3.57. The number of hydrogen-bond donors (Lipinski definition) is 2. The molecule has 2 N–H and O–H groups in total. The number of carboxylic acids is 1. The van der Waals surface area contributed by atoms with Gasteiger partial charge < -0.3 is 10.0 Å². The molecule has 6 nitrogen and oxygen atoms in total. The molecule has 0 aromatic heterocycles. The third-order valence-electron chi connectivity index (χ3n) is 2.26. The summed E-state index contributed by atoms with van der Waals surface area (Å²) < 4.78 is 26.1. The molecule has 1 rings (SSSR count). The van der Waals surface area contributed by atoms with Crippen LogP contribution in [0.1, 0.15) is 24.2 Å². The Hall–Kier alpha value is -1.44. The quantitative estimate of drug-likeness (QED) is 0.826. The summed E-state index contributed by atoms with van der Waals surface area (Å²) in [6, 6.07) is 5.09. The van der Waals surface area contributed by atoms with E-state index in [1.165, 1.54) is 24.3 Å². The monoisotopic (exact) mass is 302 g/mol. The molecule has 7 heteroatoms. The minimum Gasteiger partial charge on any atom is -0.478 e. The molecule has 20 heavy (non-hydrogen) atoms. The van der Waals surface area contributed by atoms with E-state index in [0.29, 0.717) is 13.1 Å². The third-order valence-corrected chi connectivity index (χ3v) is 3.74. The number of nitrogens with one attached hydrogen (secondary N) is 1. The van der Waals surface area contributed by atoms with Crippen molar-refractivity contribution < 1.29 is 18.3 Å². The molecular weight excluding hydrogens is 280 g/mol. The molecule has 0 unspecified atom stereocenters. The molecule has 0 atom stereocenters. The van der Waals surface area contributed by atoms with Gasteiger partial charge >= 0.3 is 5.97 Å². The molecule has 1 aromatic rings. The largest absolute Gasteiger partial charge is 0.478 e. The highest BCUT2D eigenvalue weighted by Gasteiger charge is 2.14. The fourth-order valence-electron chi connectivity index (χ4n) is 1.26. The van der Waals surface area contributed by atoms with Crippen LogP contribution in [-0.4, -0.2) is 51.6 Å². The molecule has 0 aliphatic heterocycles. The second-order valence-electron chi connectivity index (χ2n) is 4.03. The molecule has 0 saturated carbocycles. The van der Waals surface area contributed by atoms with Crippen LogP contribution in [0.4, 0.5) is 0 Å². The number of nitrogens with zero attached hydrogens (tertiary/aromatic N) is 1. The number of rotatable bonds is 6. The predicted molar refractivity (Wildman–Crippen MR) is 78.5 cm³/mol. The van der Waals surface area contributed by atoms with E-state index in [4.69, 9.17) is 5.11 Å². The molecule has 0 fully saturated rings. The second kappa shape index (κ2) is 8.68. The Morgan fingerprint density at radius 2 is 1.70 bits per heavy atom. The number of likely N-dealkylation sites (N-methyl/N-ethyl adjacent to an activating group) is 1. The second-order valence-corrected chi connectivity index (χ2v) is 5.80. The van der Waals surface area contributed by atoms with Gasteiger partial charge in [0.05, 0.1) is 10.5 Å². The first-order valence-corrected chi connectivity index (χ1v) is 7.79. The first-order valence-electron chi connectivity index (χ1n) is 6.30. The van der Waals surface area contributed by atoms with Crippen LogP contribution in [0.25, 0.3) is 0 Å². The molecule has 0 amide bonds. The molecule has 0 radical (unpaired) electrons. The summed E-state index contributed by atoms with van der Waals surface area (Å²) in [5.74, 6) is -1.08. The van der Waals surface area contributed by atoms with Crippen LogP contribution in [0.5, 0.6) is 0 Å². The van der Waals surface area contributed by atoms with Gasteiger partial charge in [0.25, 0.3) is 0 Å². The maximum absolute atomic E-state index is 11.8. The lowest BCUT2D eigenvalue weighted by Gasteiger charge is -2.11. The molecule has 0 spiro atoms. The number of carbonyl (C=O) groups is 1. The van der Waals surface area contributed by atoms with Gasteiger partial charge in [0.2, 0.25) is 10.0 Å². The van der Waals surface area contributed by atoms with Crippen molar-refractivity contribution in [3.05, 3.63) is 29.8 Å². The van der Waals surface area contributed by atoms with E-state index in [1.807, 2.05) is 32.8 Å². The normalized spacial score (nSPS) is 10.8. The van der Waals surface area contributed by atoms with E-state index in [9.17, 15) is 13.2 Å². The van der Waals surface area contributed by atoms with Crippen molar-refractivity contribution in [2.75, 3.05) is 27.2 Å². The van der Waals surface area contributed by atoms with Gasteiger partial charge in [-0.3, -0.25) is 0 Å². The van der Waals surface area contributed by atoms with Gasteiger partial charge in [-0.25, -0.2) is 17.9 Å². The van der Waals surface area contributed by atoms with Crippen molar-refractivity contribution in [2.45, 2.75) is 18.7 Å². The van der Waals surface area contributed by atoms with Crippen LogP contribution in [0.2, 0.25) is 0 Å². The fourth-order valence-corrected chi connectivity index (χ4v) is 2.28. The molecule has 0 bridgehead atoms. The van der Waals surface area contributed by atoms with Crippen LogP contribution in [0.15, 0.2) is 29.2 Å². The van der Waals surface area contributed by atoms with Crippen molar-refractivity contribution >= 4 is 16.0 Å². The SMILES string of the molecule is CC.CN(C)CCNS(=O)(=O)c1ccc(C(=O)O)cc1. The summed E-state index contributed by atoms with van der Waals surface area (Å²) in [6.07, 6.45) is 0. The number of benzene rings is 1. The number of sulfonamides is 1. The Morgan fingerprint density at radius 1 is 1.20 bits per heavy atom. The lowest BCUT2D eigenvalue weighted by Crippen LogP contribution is -2.31. The number of carboxylic acid groups (broad SMARTS) is 1. The maximum Gasteiger partial charge on any atom is 0.335 e. The molecule has 114 valence electrons. The van der Waals surface area contributed by atoms with Crippen molar-refractivity contribution in [3.8, 4) is 0 Å². The molecule has 0 aliphatic rings. The summed E-state index contributed by atoms with van der Waals surface area (Å²) in [6.45, 7) is 4.89. The zero-order chi connectivity index (χ0) is 15.8. The summed E-state index contributed by atoms with van der Waals surface area (Å²) in [4.78, 5) is 12.6. The Bertz CT molecular complexity index is 510. The highest BCUT2D eigenvalue weighted by molar-refractivity contribution is 7.89. The van der Waals surface area contributed by atoms with Gasteiger partial charge in [0.1, 0.15) is 0 Å². The van der Waals surface area contributed by atoms with E-state index < -0.39 is 16.0 Å². The first kappa shape index (κ1) is 18.6. The van der Waals surface area contributed by atoms with E-state index in [0.717, 1.165) is 0 Å². The topological polar surface area (TPSA) is 86.7 Å². The van der Waals surface area contributed by atoms with Crippen LogP contribution < -0.4 is 4.72 Å². The third kappa shape index (κ3) is 6.14. The van der Waals surface area contributed by atoms with Gasteiger partial charge in [-0.15, -0.1) is 0 Å². The zero-order valence-corrected chi connectivity index (χ0v) is 13.1. The Kier molecular flexibility index (Phi) is 8.05. The fraction of sp³-hybridized carbons (Fsp3) is 0.462. The van der Waals surface area contributed by atoms with Crippen LogP contribution >= 0.6 is 0 Å². The van der Waals surface area contributed by atoms with E-state index >= 15 is 0 Å². The Labute approximate surface area is 120 Å². The number of aromatic carboxylic acids is 1. The molecule has 1 aromatic carbocycles. The average Bonchev–Trinajstić information content (AvgIpc) is 2.40. The van der Waals surface area contributed by atoms with Crippen molar-refractivity contribution in [1.29, 1.82) is 0 Å².